The number of rotatable bonds is 7. The maximum absolute atomic E-state index is 13.2. The lowest BCUT2D eigenvalue weighted by Gasteiger charge is -2.12. The molecule has 0 atom stereocenters. The van der Waals surface area contributed by atoms with Crippen molar-refractivity contribution >= 4 is 50.7 Å². The van der Waals surface area contributed by atoms with Crippen molar-refractivity contribution < 1.29 is 18.7 Å². The molecule has 0 radical (unpaired) electrons. The lowest BCUT2D eigenvalue weighted by Crippen LogP contribution is -2.00. The van der Waals surface area contributed by atoms with Gasteiger partial charge in [0.05, 0.1) is 17.0 Å². The van der Waals surface area contributed by atoms with Gasteiger partial charge in [-0.15, -0.1) is 11.3 Å². The minimum Gasteiger partial charge on any atom is -0.496 e. The summed E-state index contributed by atoms with van der Waals surface area (Å²) in [5.41, 5.74) is 1.60. The van der Waals surface area contributed by atoms with Gasteiger partial charge in [0, 0.05) is 15.4 Å². The summed E-state index contributed by atoms with van der Waals surface area (Å²) in [6, 6.07) is 11.3. The van der Waals surface area contributed by atoms with Gasteiger partial charge in [0.15, 0.2) is 5.78 Å². The molecule has 0 N–H and O–H groups in total. The fourth-order valence-corrected chi connectivity index (χ4v) is 4.03. The maximum Gasteiger partial charge on any atom is 0.195 e. The highest BCUT2D eigenvalue weighted by molar-refractivity contribution is 9.10. The molecular weight excluding hydrogens is 467 g/mol. The Morgan fingerprint density at radius 2 is 2.00 bits per heavy atom. The van der Waals surface area contributed by atoms with Crippen LogP contribution in [0.1, 0.15) is 20.8 Å². The second-order valence-electron chi connectivity index (χ2n) is 5.76. The molecule has 7 heteroatoms. The van der Waals surface area contributed by atoms with Gasteiger partial charge in [0.25, 0.3) is 0 Å². The van der Waals surface area contributed by atoms with Gasteiger partial charge in [-0.25, -0.2) is 4.39 Å². The zero-order valence-corrected chi connectivity index (χ0v) is 17.9. The van der Waals surface area contributed by atoms with Gasteiger partial charge in [0.1, 0.15) is 23.9 Å². The van der Waals surface area contributed by atoms with Crippen LogP contribution in [0.4, 0.5) is 4.39 Å². The Kier molecular flexibility index (Phi) is 6.88. The number of carbonyl (C=O) groups excluding carboxylic acids is 1. The van der Waals surface area contributed by atoms with Gasteiger partial charge in [-0.1, -0.05) is 23.7 Å². The Bertz CT molecular complexity index is 1030. The molecule has 1 aromatic heterocycles. The van der Waals surface area contributed by atoms with E-state index in [4.69, 9.17) is 21.1 Å². The first-order chi connectivity index (χ1) is 13.5. The molecule has 0 fully saturated rings. The van der Waals surface area contributed by atoms with Crippen LogP contribution in [0, 0.1) is 5.82 Å². The standard InChI is InChI=1S/C21H15BrClFO3S/c1-26-19-6-3-13(2-5-18(25)21-9-15(22)12-28-21)8-14(19)11-27-20-7-4-16(24)10-17(20)23/h2-10,12H,11H2,1H3/b5-2+. The van der Waals surface area contributed by atoms with E-state index < -0.39 is 5.82 Å². The summed E-state index contributed by atoms with van der Waals surface area (Å²) >= 11 is 10.7. The fourth-order valence-electron chi connectivity index (χ4n) is 2.46. The van der Waals surface area contributed by atoms with Crippen molar-refractivity contribution in [3.8, 4) is 11.5 Å². The van der Waals surface area contributed by atoms with Crippen molar-refractivity contribution in [2.24, 2.45) is 0 Å². The van der Waals surface area contributed by atoms with Gasteiger partial charge in [-0.05, 0) is 64.0 Å². The normalized spacial score (nSPS) is 11.0. The van der Waals surface area contributed by atoms with Crippen LogP contribution in [0.5, 0.6) is 11.5 Å². The van der Waals surface area contributed by atoms with Crippen LogP contribution in [-0.4, -0.2) is 12.9 Å². The van der Waals surface area contributed by atoms with Crippen molar-refractivity contribution in [3.05, 3.63) is 85.2 Å². The number of carbonyl (C=O) groups is 1. The van der Waals surface area contributed by atoms with E-state index in [-0.39, 0.29) is 17.4 Å². The van der Waals surface area contributed by atoms with E-state index in [9.17, 15) is 9.18 Å². The van der Waals surface area contributed by atoms with Gasteiger partial charge < -0.3 is 9.47 Å². The average Bonchev–Trinajstić information content (AvgIpc) is 3.12. The van der Waals surface area contributed by atoms with Gasteiger partial charge in [0.2, 0.25) is 0 Å². The molecule has 0 aliphatic heterocycles. The third-order valence-corrected chi connectivity index (χ3v) is 5.82. The van der Waals surface area contributed by atoms with E-state index in [2.05, 4.69) is 15.9 Å². The predicted molar refractivity (Wildman–Crippen MR) is 114 cm³/mol. The summed E-state index contributed by atoms with van der Waals surface area (Å²) in [4.78, 5) is 12.9. The molecule has 2 aromatic carbocycles. The van der Waals surface area contributed by atoms with Crippen LogP contribution in [0.25, 0.3) is 6.08 Å². The summed E-state index contributed by atoms with van der Waals surface area (Å²) in [6.45, 7) is 0.183. The summed E-state index contributed by atoms with van der Waals surface area (Å²) in [5.74, 6) is 0.528. The number of methoxy groups -OCH3 is 1. The molecule has 0 saturated heterocycles. The monoisotopic (exact) mass is 480 g/mol. The summed E-state index contributed by atoms with van der Waals surface area (Å²) < 4.78 is 25.1. The first-order valence-electron chi connectivity index (χ1n) is 8.17. The van der Waals surface area contributed by atoms with Gasteiger partial charge >= 0.3 is 0 Å². The molecule has 144 valence electrons. The Morgan fingerprint density at radius 1 is 1.21 bits per heavy atom. The third-order valence-electron chi connectivity index (χ3n) is 3.82. The predicted octanol–water partition coefficient (Wildman–Crippen LogP) is 6.79. The SMILES string of the molecule is COc1ccc(/C=C/C(=O)c2cc(Br)cs2)cc1COc1ccc(F)cc1Cl. The topological polar surface area (TPSA) is 35.5 Å². The van der Waals surface area contributed by atoms with E-state index in [0.717, 1.165) is 15.6 Å². The molecule has 1 heterocycles. The highest BCUT2D eigenvalue weighted by Gasteiger charge is 2.09. The molecule has 0 saturated carbocycles. The zero-order chi connectivity index (χ0) is 20.1. The summed E-state index contributed by atoms with van der Waals surface area (Å²) in [6.07, 6.45) is 3.27. The number of benzene rings is 2. The molecule has 0 aliphatic rings. The molecule has 3 rings (SSSR count). The van der Waals surface area contributed by atoms with E-state index in [1.165, 1.54) is 35.6 Å². The summed E-state index contributed by atoms with van der Waals surface area (Å²) in [7, 11) is 1.57. The largest absolute Gasteiger partial charge is 0.496 e. The molecular formula is C21H15BrClFO3S. The third kappa shape index (κ3) is 5.22. The van der Waals surface area contributed by atoms with Crippen molar-refractivity contribution in [3.63, 3.8) is 0 Å². The van der Waals surface area contributed by atoms with Crippen LogP contribution in [0.3, 0.4) is 0 Å². The zero-order valence-electron chi connectivity index (χ0n) is 14.7. The minimum atomic E-state index is -0.426. The fraction of sp³-hybridized carbons (Fsp3) is 0.0952. The maximum atomic E-state index is 13.2. The van der Waals surface area contributed by atoms with E-state index in [1.807, 2.05) is 17.5 Å². The second-order valence-corrected chi connectivity index (χ2v) is 8.00. The Balaban J connectivity index is 1.75. The first kappa shape index (κ1) is 20.6. The Labute approximate surface area is 179 Å². The lowest BCUT2D eigenvalue weighted by molar-refractivity contribution is 0.105. The van der Waals surface area contributed by atoms with Crippen molar-refractivity contribution in [1.29, 1.82) is 0 Å². The van der Waals surface area contributed by atoms with Crippen molar-refractivity contribution in [1.82, 2.24) is 0 Å². The van der Waals surface area contributed by atoms with Crippen molar-refractivity contribution in [2.45, 2.75) is 6.61 Å². The van der Waals surface area contributed by atoms with Gasteiger partial charge in [-0.3, -0.25) is 4.79 Å². The number of ether oxygens (including phenoxy) is 2. The van der Waals surface area contributed by atoms with Crippen molar-refractivity contribution in [2.75, 3.05) is 7.11 Å². The number of hydrogen-bond acceptors (Lipinski definition) is 4. The van der Waals surface area contributed by atoms with Crippen LogP contribution in [0.15, 0.2) is 58.4 Å². The number of allylic oxidation sites excluding steroid dienone is 1. The number of hydrogen-bond donors (Lipinski definition) is 0. The molecule has 28 heavy (non-hydrogen) atoms. The smallest absolute Gasteiger partial charge is 0.195 e. The number of thiophene rings is 1. The highest BCUT2D eigenvalue weighted by atomic mass is 79.9. The van der Waals surface area contributed by atoms with Crippen LogP contribution >= 0.6 is 38.9 Å². The molecule has 3 aromatic rings. The minimum absolute atomic E-state index is 0.0672. The van der Waals surface area contributed by atoms with E-state index in [0.29, 0.717) is 16.4 Å². The second kappa shape index (κ2) is 9.37. The average molecular weight is 482 g/mol. The molecule has 0 spiro atoms. The highest BCUT2D eigenvalue weighted by Crippen LogP contribution is 2.28. The molecule has 0 aliphatic carbocycles. The lowest BCUT2D eigenvalue weighted by atomic mass is 10.1. The Hall–Kier alpha value is -2.15. The first-order valence-corrected chi connectivity index (χ1v) is 10.2. The van der Waals surface area contributed by atoms with Crippen LogP contribution in [0.2, 0.25) is 5.02 Å². The quantitative estimate of drug-likeness (QED) is 0.275. The Morgan fingerprint density at radius 3 is 2.68 bits per heavy atom. The molecule has 0 unspecified atom stereocenters. The number of halogens is 3. The molecule has 0 amide bonds. The van der Waals surface area contributed by atoms with Crippen LogP contribution < -0.4 is 9.47 Å². The molecule has 0 bridgehead atoms. The van der Waals surface area contributed by atoms with Crippen LogP contribution in [-0.2, 0) is 6.61 Å². The van der Waals surface area contributed by atoms with E-state index in [1.54, 1.807) is 25.3 Å². The van der Waals surface area contributed by atoms with E-state index >= 15 is 0 Å². The number of ketones is 1. The summed E-state index contributed by atoms with van der Waals surface area (Å²) in [5, 5.41) is 2.06. The van der Waals surface area contributed by atoms with Gasteiger partial charge in [-0.2, -0.15) is 0 Å². The molecule has 3 nitrogen and oxygen atoms in total.